The van der Waals surface area contributed by atoms with E-state index in [1.165, 1.54) is 6.26 Å². The number of benzene rings is 1. The van der Waals surface area contributed by atoms with Gasteiger partial charge in [0.25, 0.3) is 11.5 Å². The highest BCUT2D eigenvalue weighted by Crippen LogP contribution is 2.26. The Hall–Kier alpha value is -3.75. The smallest absolute Gasteiger partial charge is 0.287 e. The molecule has 0 saturated carbocycles. The van der Waals surface area contributed by atoms with E-state index in [0.29, 0.717) is 35.0 Å². The van der Waals surface area contributed by atoms with Crippen LogP contribution >= 0.6 is 0 Å². The molecule has 0 radical (unpaired) electrons. The molecule has 1 atom stereocenters. The van der Waals surface area contributed by atoms with Gasteiger partial charge in [0.2, 0.25) is 11.7 Å². The molecule has 4 aromatic rings. The highest BCUT2D eigenvalue weighted by molar-refractivity contribution is 5.91. The van der Waals surface area contributed by atoms with Crippen LogP contribution in [0.25, 0.3) is 22.4 Å². The molecule has 0 bridgehead atoms. The van der Waals surface area contributed by atoms with E-state index >= 15 is 0 Å². The minimum atomic E-state index is -0.482. The largest absolute Gasteiger partial charge is 0.459 e. The van der Waals surface area contributed by atoms with Gasteiger partial charge in [0.15, 0.2) is 5.76 Å². The predicted molar refractivity (Wildman–Crippen MR) is 118 cm³/mol. The lowest BCUT2D eigenvalue weighted by atomic mass is 10.0. The summed E-state index contributed by atoms with van der Waals surface area (Å²) in [5.74, 6) is 0.548. The molecule has 166 valence electrons. The summed E-state index contributed by atoms with van der Waals surface area (Å²) in [6.45, 7) is 8.26. The van der Waals surface area contributed by atoms with E-state index in [-0.39, 0.29) is 23.1 Å². The molecule has 4 rings (SSSR count). The van der Waals surface area contributed by atoms with Crippen molar-refractivity contribution in [2.75, 3.05) is 0 Å². The quantitative estimate of drug-likeness (QED) is 0.468. The third-order valence-corrected chi connectivity index (χ3v) is 5.22. The fourth-order valence-corrected chi connectivity index (χ4v) is 3.57. The number of amides is 1. The first-order valence-electron chi connectivity index (χ1n) is 10.6. The summed E-state index contributed by atoms with van der Waals surface area (Å²) in [5, 5.41) is 6.99. The molecule has 0 aliphatic rings. The van der Waals surface area contributed by atoms with Crippen LogP contribution in [0.5, 0.6) is 0 Å². The van der Waals surface area contributed by atoms with Gasteiger partial charge in [0.1, 0.15) is 11.7 Å². The number of rotatable bonds is 7. The number of aryl methyl sites for hydroxylation is 2. The second kappa shape index (κ2) is 8.78. The Morgan fingerprint density at radius 1 is 1.22 bits per heavy atom. The van der Waals surface area contributed by atoms with Crippen LogP contribution in [0, 0.1) is 12.8 Å². The summed E-state index contributed by atoms with van der Waals surface area (Å²) in [4.78, 5) is 33.9. The first kappa shape index (κ1) is 21.5. The summed E-state index contributed by atoms with van der Waals surface area (Å²) in [5.41, 5.74) is 2.52. The normalized spacial score (nSPS) is 12.4. The summed E-state index contributed by atoms with van der Waals surface area (Å²) in [6, 6.07) is 8.29. The number of hydrogen-bond donors (Lipinski definition) is 1. The van der Waals surface area contributed by atoms with E-state index in [9.17, 15) is 9.59 Å². The second-order valence-electron chi connectivity index (χ2n) is 7.99. The molecule has 9 nitrogen and oxygen atoms in total. The number of furan rings is 1. The second-order valence-corrected chi connectivity index (χ2v) is 7.99. The molecule has 1 N–H and O–H groups in total. The molecule has 0 saturated heterocycles. The van der Waals surface area contributed by atoms with Crippen molar-refractivity contribution in [2.24, 2.45) is 5.92 Å². The van der Waals surface area contributed by atoms with Crippen LogP contribution in [0.15, 0.2) is 50.3 Å². The molecular formula is C23H25N5O4. The van der Waals surface area contributed by atoms with Crippen LogP contribution in [0.2, 0.25) is 0 Å². The highest BCUT2D eigenvalue weighted by Gasteiger charge is 2.26. The van der Waals surface area contributed by atoms with Crippen molar-refractivity contribution in [2.45, 2.75) is 46.7 Å². The number of carbonyl (C=O) groups is 1. The predicted octanol–water partition coefficient (Wildman–Crippen LogP) is 3.89. The molecular weight excluding hydrogens is 410 g/mol. The zero-order chi connectivity index (χ0) is 22.8. The highest BCUT2D eigenvalue weighted by atomic mass is 16.5. The Kier molecular flexibility index (Phi) is 5.89. The maximum absolute atomic E-state index is 12.5. The number of nitrogens with one attached hydrogen (secondary N) is 1. The Morgan fingerprint density at radius 3 is 2.72 bits per heavy atom. The first-order chi connectivity index (χ1) is 15.4. The summed E-state index contributed by atoms with van der Waals surface area (Å²) in [6.07, 6.45) is 2.29. The SMILES string of the molecule is CCCn1c(=O)c(C)nc2cc(-c3noc([C@@H](NC(=O)c4ccco4)C(C)C)n3)ccc21. The molecule has 0 unspecified atom stereocenters. The maximum atomic E-state index is 12.5. The Bertz CT molecular complexity index is 1300. The maximum Gasteiger partial charge on any atom is 0.287 e. The van der Waals surface area contributed by atoms with Crippen molar-refractivity contribution in [1.82, 2.24) is 25.0 Å². The average Bonchev–Trinajstić information content (AvgIpc) is 3.47. The summed E-state index contributed by atoms with van der Waals surface area (Å²) >= 11 is 0. The first-order valence-corrected chi connectivity index (χ1v) is 10.6. The van der Waals surface area contributed by atoms with Crippen LogP contribution in [0.3, 0.4) is 0 Å². The van der Waals surface area contributed by atoms with Gasteiger partial charge in [-0.1, -0.05) is 25.9 Å². The van der Waals surface area contributed by atoms with Gasteiger partial charge in [-0.2, -0.15) is 4.98 Å². The molecule has 9 heteroatoms. The van der Waals surface area contributed by atoms with Crippen molar-refractivity contribution in [3.63, 3.8) is 0 Å². The van der Waals surface area contributed by atoms with Gasteiger partial charge in [-0.05, 0) is 49.6 Å². The molecule has 3 aromatic heterocycles. The minimum Gasteiger partial charge on any atom is -0.459 e. The van der Waals surface area contributed by atoms with Crippen LogP contribution in [-0.4, -0.2) is 25.6 Å². The third-order valence-electron chi connectivity index (χ3n) is 5.22. The van der Waals surface area contributed by atoms with Crippen LogP contribution in [-0.2, 0) is 6.54 Å². The lowest BCUT2D eigenvalue weighted by Gasteiger charge is -2.17. The topological polar surface area (TPSA) is 116 Å². The lowest BCUT2D eigenvalue weighted by molar-refractivity contribution is 0.0885. The monoisotopic (exact) mass is 435 g/mol. The number of nitrogens with zero attached hydrogens (tertiary/aromatic N) is 4. The number of carbonyl (C=O) groups excluding carboxylic acids is 1. The summed E-state index contributed by atoms with van der Waals surface area (Å²) < 4.78 is 12.4. The van der Waals surface area contributed by atoms with Gasteiger partial charge < -0.3 is 18.8 Å². The van der Waals surface area contributed by atoms with E-state index in [4.69, 9.17) is 8.94 Å². The fourth-order valence-electron chi connectivity index (χ4n) is 3.57. The zero-order valence-electron chi connectivity index (χ0n) is 18.5. The standard InChI is InChI=1S/C23H25N5O4/c1-5-10-28-17-9-8-15(12-16(17)24-14(4)23(28)30)20-26-22(32-27-20)19(13(2)3)25-21(29)18-7-6-11-31-18/h6-9,11-13,19H,5,10H2,1-4H3,(H,25,29)/t19-/m0/s1. The third kappa shape index (κ3) is 4.05. The minimum absolute atomic E-state index is 0.00612. The Morgan fingerprint density at radius 2 is 2.03 bits per heavy atom. The van der Waals surface area contributed by atoms with Crippen molar-refractivity contribution in [3.8, 4) is 11.4 Å². The van der Waals surface area contributed by atoms with E-state index in [1.807, 2.05) is 39.0 Å². The van der Waals surface area contributed by atoms with Crippen LogP contribution in [0.4, 0.5) is 0 Å². The van der Waals surface area contributed by atoms with Gasteiger partial charge in [-0.15, -0.1) is 0 Å². The van der Waals surface area contributed by atoms with Crippen molar-refractivity contribution in [1.29, 1.82) is 0 Å². The van der Waals surface area contributed by atoms with Crippen LogP contribution < -0.4 is 10.9 Å². The molecule has 32 heavy (non-hydrogen) atoms. The Balaban J connectivity index is 1.66. The fraction of sp³-hybridized carbons (Fsp3) is 0.348. The molecule has 0 aliphatic carbocycles. The lowest BCUT2D eigenvalue weighted by Crippen LogP contribution is -2.31. The molecule has 0 aliphatic heterocycles. The van der Waals surface area contributed by atoms with E-state index < -0.39 is 6.04 Å². The molecule has 1 amide bonds. The number of aromatic nitrogens is 4. The Labute approximate surface area is 184 Å². The van der Waals surface area contributed by atoms with E-state index in [2.05, 4.69) is 20.4 Å². The molecule has 1 aromatic carbocycles. The molecule has 0 spiro atoms. The average molecular weight is 435 g/mol. The van der Waals surface area contributed by atoms with Gasteiger partial charge in [-0.25, -0.2) is 4.98 Å². The zero-order valence-corrected chi connectivity index (χ0v) is 18.5. The van der Waals surface area contributed by atoms with Gasteiger partial charge in [-0.3, -0.25) is 9.59 Å². The van der Waals surface area contributed by atoms with Gasteiger partial charge in [0, 0.05) is 12.1 Å². The van der Waals surface area contributed by atoms with Crippen molar-refractivity contribution in [3.05, 3.63) is 64.3 Å². The van der Waals surface area contributed by atoms with Crippen molar-refractivity contribution < 1.29 is 13.7 Å². The van der Waals surface area contributed by atoms with Crippen molar-refractivity contribution >= 4 is 16.9 Å². The van der Waals surface area contributed by atoms with Gasteiger partial charge >= 0.3 is 0 Å². The van der Waals surface area contributed by atoms with E-state index in [0.717, 1.165) is 11.9 Å². The molecule has 3 heterocycles. The van der Waals surface area contributed by atoms with Crippen LogP contribution in [0.1, 0.15) is 55.4 Å². The number of fused-ring (bicyclic) bond motifs is 1. The number of hydrogen-bond acceptors (Lipinski definition) is 7. The molecule has 0 fully saturated rings. The van der Waals surface area contributed by atoms with E-state index in [1.54, 1.807) is 23.6 Å². The summed E-state index contributed by atoms with van der Waals surface area (Å²) in [7, 11) is 0. The van der Waals surface area contributed by atoms with Gasteiger partial charge in [0.05, 0.1) is 17.3 Å².